The van der Waals surface area contributed by atoms with Crippen LogP contribution in [0.15, 0.2) is 41.2 Å². The van der Waals surface area contributed by atoms with Crippen LogP contribution in [-0.4, -0.2) is 27.8 Å². The first kappa shape index (κ1) is 18.6. The van der Waals surface area contributed by atoms with Crippen molar-refractivity contribution in [3.8, 4) is 0 Å². The average molecular weight is 369 g/mol. The standard InChI is InChI=1S/C19H23N5O3/c1-2-3-12-24-17(25)11-10-16(23-24)18(26)20-13-4-6-14(7-5-13)21-19(27)22-15-8-9-15/h4-7,10-11,15H,2-3,8-9,12H2,1H3,(H,20,26)(H2,21,22,27). The Hall–Kier alpha value is -3.16. The SMILES string of the molecule is CCCCn1nc(C(=O)Nc2ccc(NC(=O)NC3CC3)cc2)ccc1=O. The van der Waals surface area contributed by atoms with Gasteiger partial charge in [0.2, 0.25) is 0 Å². The first-order valence-corrected chi connectivity index (χ1v) is 9.12. The number of benzene rings is 1. The lowest BCUT2D eigenvalue weighted by molar-refractivity contribution is 0.101. The van der Waals surface area contributed by atoms with E-state index in [2.05, 4.69) is 21.0 Å². The van der Waals surface area contributed by atoms with Crippen molar-refractivity contribution >= 4 is 23.3 Å². The zero-order valence-corrected chi connectivity index (χ0v) is 15.2. The van der Waals surface area contributed by atoms with Gasteiger partial charge in [-0.25, -0.2) is 9.48 Å². The summed E-state index contributed by atoms with van der Waals surface area (Å²) in [6.45, 7) is 2.51. The molecule has 0 unspecified atom stereocenters. The van der Waals surface area contributed by atoms with E-state index in [0.717, 1.165) is 25.7 Å². The van der Waals surface area contributed by atoms with Crippen LogP contribution in [0.25, 0.3) is 0 Å². The molecule has 1 aromatic carbocycles. The maximum absolute atomic E-state index is 12.4. The molecule has 142 valence electrons. The largest absolute Gasteiger partial charge is 0.335 e. The molecule has 1 aliphatic carbocycles. The first-order chi connectivity index (χ1) is 13.0. The van der Waals surface area contributed by atoms with E-state index in [1.54, 1.807) is 24.3 Å². The molecule has 0 spiro atoms. The minimum absolute atomic E-state index is 0.178. The summed E-state index contributed by atoms with van der Waals surface area (Å²) in [5, 5.41) is 12.4. The van der Waals surface area contributed by atoms with Crippen LogP contribution in [-0.2, 0) is 6.54 Å². The average Bonchev–Trinajstić information content (AvgIpc) is 3.46. The van der Waals surface area contributed by atoms with Crippen LogP contribution in [0, 0.1) is 0 Å². The molecule has 0 atom stereocenters. The van der Waals surface area contributed by atoms with Gasteiger partial charge in [-0.05, 0) is 49.6 Å². The number of nitrogens with one attached hydrogen (secondary N) is 3. The van der Waals surface area contributed by atoms with Crippen molar-refractivity contribution in [2.45, 2.75) is 45.2 Å². The van der Waals surface area contributed by atoms with Crippen LogP contribution >= 0.6 is 0 Å². The van der Waals surface area contributed by atoms with Crippen molar-refractivity contribution in [3.05, 3.63) is 52.4 Å². The maximum Gasteiger partial charge on any atom is 0.319 e. The van der Waals surface area contributed by atoms with E-state index in [-0.39, 0.29) is 23.3 Å². The molecule has 0 aliphatic heterocycles. The Kier molecular flexibility index (Phi) is 5.85. The first-order valence-electron chi connectivity index (χ1n) is 9.12. The number of carbonyl (C=O) groups excluding carboxylic acids is 2. The molecule has 0 bridgehead atoms. The third kappa shape index (κ3) is 5.40. The van der Waals surface area contributed by atoms with Crippen LogP contribution in [0.1, 0.15) is 43.1 Å². The van der Waals surface area contributed by atoms with Crippen LogP contribution < -0.4 is 21.5 Å². The Bertz CT molecular complexity index is 872. The lowest BCUT2D eigenvalue weighted by Gasteiger charge is -2.09. The fourth-order valence-electron chi connectivity index (χ4n) is 2.45. The molecule has 1 fully saturated rings. The van der Waals surface area contributed by atoms with Crippen LogP contribution in [0.3, 0.4) is 0 Å². The smallest absolute Gasteiger partial charge is 0.319 e. The highest BCUT2D eigenvalue weighted by atomic mass is 16.2. The third-order valence-electron chi connectivity index (χ3n) is 4.14. The summed E-state index contributed by atoms with van der Waals surface area (Å²) in [5.74, 6) is -0.396. The number of rotatable bonds is 7. The molecule has 27 heavy (non-hydrogen) atoms. The summed E-state index contributed by atoms with van der Waals surface area (Å²) in [7, 11) is 0. The van der Waals surface area contributed by atoms with Gasteiger partial charge in [-0.15, -0.1) is 0 Å². The van der Waals surface area contributed by atoms with Crippen molar-refractivity contribution in [1.29, 1.82) is 0 Å². The van der Waals surface area contributed by atoms with Crippen LogP contribution in [0.2, 0.25) is 0 Å². The Labute approximate surface area is 157 Å². The van der Waals surface area contributed by atoms with E-state index in [9.17, 15) is 14.4 Å². The molecule has 2 aromatic rings. The normalized spacial score (nSPS) is 13.1. The van der Waals surface area contributed by atoms with Gasteiger partial charge < -0.3 is 16.0 Å². The van der Waals surface area contributed by atoms with E-state index in [1.807, 2.05) is 6.92 Å². The van der Waals surface area contributed by atoms with E-state index >= 15 is 0 Å². The molecule has 3 rings (SSSR count). The van der Waals surface area contributed by atoms with Gasteiger partial charge >= 0.3 is 6.03 Å². The number of aryl methyl sites for hydroxylation is 1. The van der Waals surface area contributed by atoms with Gasteiger partial charge in [0, 0.05) is 30.0 Å². The van der Waals surface area contributed by atoms with Gasteiger partial charge in [0.05, 0.1) is 0 Å². The summed E-state index contributed by atoms with van der Waals surface area (Å²) >= 11 is 0. The van der Waals surface area contributed by atoms with Gasteiger partial charge in [-0.3, -0.25) is 9.59 Å². The predicted molar refractivity (Wildman–Crippen MR) is 103 cm³/mol. The zero-order chi connectivity index (χ0) is 19.2. The van der Waals surface area contributed by atoms with Crippen molar-refractivity contribution < 1.29 is 9.59 Å². The molecular formula is C19H23N5O3. The van der Waals surface area contributed by atoms with Crippen molar-refractivity contribution in [2.24, 2.45) is 0 Å². The second kappa shape index (κ2) is 8.48. The Morgan fingerprint density at radius 1 is 1.07 bits per heavy atom. The number of carbonyl (C=O) groups is 2. The maximum atomic E-state index is 12.4. The van der Waals surface area contributed by atoms with Gasteiger partial charge in [-0.2, -0.15) is 5.10 Å². The number of amides is 3. The monoisotopic (exact) mass is 369 g/mol. The summed E-state index contributed by atoms with van der Waals surface area (Å²) in [6, 6.07) is 9.62. The summed E-state index contributed by atoms with van der Waals surface area (Å²) in [5.41, 5.74) is 1.16. The number of hydrogen-bond donors (Lipinski definition) is 3. The Balaban J connectivity index is 1.60. The second-order valence-electron chi connectivity index (χ2n) is 6.54. The number of aromatic nitrogens is 2. The Morgan fingerprint density at radius 2 is 1.74 bits per heavy atom. The predicted octanol–water partition coefficient (Wildman–Crippen LogP) is 2.58. The van der Waals surface area contributed by atoms with E-state index in [1.165, 1.54) is 16.8 Å². The molecular weight excluding hydrogens is 346 g/mol. The lowest BCUT2D eigenvalue weighted by atomic mass is 10.2. The fourth-order valence-corrected chi connectivity index (χ4v) is 2.45. The highest BCUT2D eigenvalue weighted by molar-refractivity contribution is 6.02. The number of anilines is 2. The highest BCUT2D eigenvalue weighted by Crippen LogP contribution is 2.19. The molecule has 1 heterocycles. The lowest BCUT2D eigenvalue weighted by Crippen LogP contribution is -2.30. The number of hydrogen-bond acceptors (Lipinski definition) is 4. The molecule has 1 aliphatic rings. The van der Waals surface area contributed by atoms with Gasteiger partial charge in [0.1, 0.15) is 5.69 Å². The number of nitrogens with zero attached hydrogens (tertiary/aromatic N) is 2. The quantitative estimate of drug-likeness (QED) is 0.697. The minimum atomic E-state index is -0.396. The number of unbranched alkanes of at least 4 members (excludes halogenated alkanes) is 1. The van der Waals surface area contributed by atoms with E-state index in [0.29, 0.717) is 17.9 Å². The molecule has 8 nitrogen and oxygen atoms in total. The third-order valence-corrected chi connectivity index (χ3v) is 4.14. The molecule has 3 N–H and O–H groups in total. The summed E-state index contributed by atoms with van der Waals surface area (Å²) in [6.07, 6.45) is 3.81. The van der Waals surface area contributed by atoms with Crippen LogP contribution in [0.5, 0.6) is 0 Å². The summed E-state index contributed by atoms with van der Waals surface area (Å²) < 4.78 is 1.31. The molecule has 3 amide bonds. The molecule has 0 radical (unpaired) electrons. The van der Waals surface area contributed by atoms with Crippen molar-refractivity contribution in [1.82, 2.24) is 15.1 Å². The Morgan fingerprint density at radius 3 is 2.37 bits per heavy atom. The topological polar surface area (TPSA) is 105 Å². The minimum Gasteiger partial charge on any atom is -0.335 e. The molecule has 1 aromatic heterocycles. The highest BCUT2D eigenvalue weighted by Gasteiger charge is 2.23. The van der Waals surface area contributed by atoms with E-state index in [4.69, 9.17) is 0 Å². The molecule has 0 saturated heterocycles. The van der Waals surface area contributed by atoms with Gasteiger partial charge in [0.25, 0.3) is 11.5 Å². The zero-order valence-electron chi connectivity index (χ0n) is 15.2. The number of urea groups is 1. The molecule has 8 heteroatoms. The van der Waals surface area contributed by atoms with E-state index < -0.39 is 5.91 Å². The summed E-state index contributed by atoms with van der Waals surface area (Å²) in [4.78, 5) is 35.9. The van der Waals surface area contributed by atoms with Gasteiger partial charge in [0.15, 0.2) is 0 Å². The van der Waals surface area contributed by atoms with Gasteiger partial charge in [-0.1, -0.05) is 13.3 Å². The fraction of sp³-hybridized carbons (Fsp3) is 0.368. The van der Waals surface area contributed by atoms with Crippen molar-refractivity contribution in [2.75, 3.05) is 10.6 Å². The van der Waals surface area contributed by atoms with Crippen molar-refractivity contribution in [3.63, 3.8) is 0 Å². The molecule has 1 saturated carbocycles. The van der Waals surface area contributed by atoms with Crippen LogP contribution in [0.4, 0.5) is 16.2 Å². The second-order valence-corrected chi connectivity index (χ2v) is 6.54.